The molecular formula is C15H19BrN2O2. The number of nitrogens with one attached hydrogen (secondary N) is 1. The topological polar surface area (TPSA) is 41.6 Å². The molecule has 2 saturated heterocycles. The third-order valence-corrected chi connectivity index (χ3v) is 5.02. The van der Waals surface area contributed by atoms with E-state index in [-0.39, 0.29) is 12.0 Å². The Labute approximate surface area is 127 Å². The summed E-state index contributed by atoms with van der Waals surface area (Å²) in [5.41, 5.74) is 0.367. The molecule has 0 saturated carbocycles. The number of nitrogens with zero attached hydrogens (tertiary/aromatic N) is 1. The van der Waals surface area contributed by atoms with Gasteiger partial charge in [0.2, 0.25) is 0 Å². The highest BCUT2D eigenvalue weighted by atomic mass is 79.9. The van der Waals surface area contributed by atoms with Gasteiger partial charge in [-0.1, -0.05) is 15.9 Å². The Morgan fingerprint density at radius 2 is 2.15 bits per heavy atom. The molecule has 3 rings (SSSR count). The lowest BCUT2D eigenvalue weighted by Crippen LogP contribution is -2.54. The molecule has 2 fully saturated rings. The number of ether oxygens (including phenoxy) is 1. The first-order chi connectivity index (χ1) is 9.65. The van der Waals surface area contributed by atoms with Crippen LogP contribution in [0.15, 0.2) is 28.7 Å². The zero-order chi connectivity index (χ0) is 14.2. The second-order valence-electron chi connectivity index (χ2n) is 5.54. The molecule has 1 N–H and O–H groups in total. The Hall–Kier alpha value is -1.07. The lowest BCUT2D eigenvalue weighted by molar-refractivity contribution is -0.146. The number of rotatable bonds is 3. The summed E-state index contributed by atoms with van der Waals surface area (Å²) in [6.45, 7) is 2.05. The van der Waals surface area contributed by atoms with E-state index in [1.165, 1.54) is 7.11 Å². The minimum Gasteiger partial charge on any atom is -0.467 e. The molecule has 0 radical (unpaired) electrons. The van der Waals surface area contributed by atoms with Gasteiger partial charge in [0.25, 0.3) is 0 Å². The second-order valence-corrected chi connectivity index (χ2v) is 6.45. The molecule has 2 aliphatic rings. The number of methoxy groups -OCH3 is 1. The summed E-state index contributed by atoms with van der Waals surface area (Å²) in [5, 5.41) is 3.47. The highest BCUT2D eigenvalue weighted by Gasteiger charge is 2.55. The Balaban J connectivity index is 1.90. The molecule has 0 aliphatic carbocycles. The monoisotopic (exact) mass is 338 g/mol. The van der Waals surface area contributed by atoms with Crippen LogP contribution in [-0.4, -0.2) is 42.6 Å². The van der Waals surface area contributed by atoms with Crippen molar-refractivity contribution in [2.24, 2.45) is 0 Å². The van der Waals surface area contributed by atoms with Gasteiger partial charge in [0, 0.05) is 22.7 Å². The lowest BCUT2D eigenvalue weighted by atomic mass is 9.88. The van der Waals surface area contributed by atoms with E-state index >= 15 is 0 Å². The molecule has 0 aromatic heterocycles. The number of hydrogen-bond acceptors (Lipinski definition) is 4. The number of carbonyl (C=O) groups is 1. The maximum atomic E-state index is 12.4. The Morgan fingerprint density at radius 3 is 2.85 bits per heavy atom. The molecule has 2 unspecified atom stereocenters. The normalized spacial score (nSPS) is 29.2. The average Bonchev–Trinajstić information content (AvgIpc) is 3.05. The van der Waals surface area contributed by atoms with Crippen molar-refractivity contribution < 1.29 is 9.53 Å². The van der Waals surface area contributed by atoms with Gasteiger partial charge in [0.05, 0.1) is 7.11 Å². The number of halogens is 1. The van der Waals surface area contributed by atoms with E-state index in [0.29, 0.717) is 0 Å². The molecule has 108 valence electrons. The first-order valence-electron chi connectivity index (χ1n) is 7.02. The van der Waals surface area contributed by atoms with Crippen molar-refractivity contribution >= 4 is 27.6 Å². The summed E-state index contributed by atoms with van der Waals surface area (Å²) < 4.78 is 6.14. The van der Waals surface area contributed by atoms with Crippen molar-refractivity contribution in [3.05, 3.63) is 28.7 Å². The molecule has 5 heteroatoms. The maximum absolute atomic E-state index is 12.4. The van der Waals surface area contributed by atoms with Crippen LogP contribution in [0.1, 0.15) is 19.3 Å². The zero-order valence-electron chi connectivity index (χ0n) is 11.6. The van der Waals surface area contributed by atoms with Crippen LogP contribution >= 0.6 is 15.9 Å². The van der Waals surface area contributed by atoms with Crippen LogP contribution in [0, 0.1) is 0 Å². The van der Waals surface area contributed by atoms with Gasteiger partial charge in [0.1, 0.15) is 0 Å². The quantitative estimate of drug-likeness (QED) is 0.860. The number of fused-ring (bicyclic) bond motifs is 1. The summed E-state index contributed by atoms with van der Waals surface area (Å²) in [7, 11) is 1.48. The number of hydrogen-bond donors (Lipinski definition) is 1. The fourth-order valence-corrected chi connectivity index (χ4v) is 3.81. The van der Waals surface area contributed by atoms with Crippen molar-refractivity contribution in [3.63, 3.8) is 0 Å². The van der Waals surface area contributed by atoms with Crippen LogP contribution in [0.5, 0.6) is 0 Å². The third kappa shape index (κ3) is 2.23. The number of esters is 1. The number of anilines is 1. The molecule has 2 atom stereocenters. The van der Waals surface area contributed by atoms with Gasteiger partial charge >= 0.3 is 5.97 Å². The predicted octanol–water partition coefficient (Wildman–Crippen LogP) is 2.64. The van der Waals surface area contributed by atoms with Crippen LogP contribution < -0.4 is 5.32 Å². The summed E-state index contributed by atoms with van der Waals surface area (Å²) in [6, 6.07) is 8.20. The summed E-state index contributed by atoms with van der Waals surface area (Å²) >= 11 is 3.43. The third-order valence-electron chi connectivity index (χ3n) is 4.49. The van der Waals surface area contributed by atoms with Crippen LogP contribution in [-0.2, 0) is 9.53 Å². The molecule has 0 amide bonds. The van der Waals surface area contributed by atoms with Crippen molar-refractivity contribution in [2.75, 3.05) is 25.5 Å². The summed E-state index contributed by atoms with van der Waals surface area (Å²) in [4.78, 5) is 14.8. The van der Waals surface area contributed by atoms with Gasteiger partial charge < -0.3 is 10.1 Å². The molecule has 4 nitrogen and oxygen atoms in total. The molecule has 1 aromatic carbocycles. The summed E-state index contributed by atoms with van der Waals surface area (Å²) in [5.74, 6) is -0.144. The van der Waals surface area contributed by atoms with Crippen LogP contribution in [0.3, 0.4) is 0 Å². The fraction of sp³-hybridized carbons (Fsp3) is 0.533. The van der Waals surface area contributed by atoms with Crippen molar-refractivity contribution in [2.45, 2.75) is 30.8 Å². The van der Waals surface area contributed by atoms with Gasteiger partial charge in [-0.2, -0.15) is 0 Å². The minimum atomic E-state index is -0.598. The van der Waals surface area contributed by atoms with Crippen molar-refractivity contribution in [1.29, 1.82) is 0 Å². The van der Waals surface area contributed by atoms with Crippen molar-refractivity contribution in [3.8, 4) is 0 Å². The molecule has 20 heavy (non-hydrogen) atoms. The second kappa shape index (κ2) is 5.37. The molecule has 0 bridgehead atoms. The maximum Gasteiger partial charge on any atom is 0.333 e. The fourth-order valence-electron chi connectivity index (χ4n) is 3.55. The standard InChI is InChI=1S/C15H19BrN2O2/c1-20-14(19)15(8-10-18-9-2-3-13(15)18)17-12-6-4-11(16)5-7-12/h4-7,13,17H,2-3,8-10H2,1H3. The van der Waals surface area contributed by atoms with E-state index in [1.807, 2.05) is 24.3 Å². The van der Waals surface area contributed by atoms with E-state index in [4.69, 9.17) is 4.74 Å². The first kappa shape index (κ1) is 13.9. The van der Waals surface area contributed by atoms with Crippen LogP contribution in [0.4, 0.5) is 5.69 Å². The van der Waals surface area contributed by atoms with E-state index in [0.717, 1.165) is 42.5 Å². The largest absolute Gasteiger partial charge is 0.467 e. The molecule has 0 spiro atoms. The Bertz CT molecular complexity index is 505. The van der Waals surface area contributed by atoms with E-state index < -0.39 is 5.54 Å². The molecule has 1 aromatic rings. The molecular weight excluding hydrogens is 320 g/mol. The number of benzene rings is 1. The van der Waals surface area contributed by atoms with E-state index in [9.17, 15) is 4.79 Å². The highest BCUT2D eigenvalue weighted by molar-refractivity contribution is 9.10. The van der Waals surface area contributed by atoms with Crippen LogP contribution in [0.25, 0.3) is 0 Å². The SMILES string of the molecule is COC(=O)C1(Nc2ccc(Br)cc2)CCN2CCCC21. The Kier molecular flexibility index (Phi) is 3.73. The smallest absolute Gasteiger partial charge is 0.333 e. The molecule has 2 heterocycles. The van der Waals surface area contributed by atoms with Gasteiger partial charge in [-0.3, -0.25) is 4.90 Å². The van der Waals surface area contributed by atoms with Crippen molar-refractivity contribution in [1.82, 2.24) is 4.90 Å². The number of carbonyl (C=O) groups excluding carboxylic acids is 1. The zero-order valence-corrected chi connectivity index (χ0v) is 13.1. The molecule has 2 aliphatic heterocycles. The Morgan fingerprint density at radius 1 is 1.40 bits per heavy atom. The van der Waals surface area contributed by atoms with E-state index in [1.54, 1.807) is 0 Å². The highest BCUT2D eigenvalue weighted by Crippen LogP contribution is 2.39. The van der Waals surface area contributed by atoms with Gasteiger partial charge in [-0.05, 0) is 50.1 Å². The van der Waals surface area contributed by atoms with Gasteiger partial charge in [0.15, 0.2) is 5.54 Å². The summed E-state index contributed by atoms with van der Waals surface area (Å²) in [6.07, 6.45) is 3.02. The average molecular weight is 339 g/mol. The predicted molar refractivity (Wildman–Crippen MR) is 81.7 cm³/mol. The van der Waals surface area contributed by atoms with Gasteiger partial charge in [-0.15, -0.1) is 0 Å². The van der Waals surface area contributed by atoms with Crippen LogP contribution in [0.2, 0.25) is 0 Å². The first-order valence-corrected chi connectivity index (χ1v) is 7.81. The van der Waals surface area contributed by atoms with Gasteiger partial charge in [-0.25, -0.2) is 4.79 Å². The lowest BCUT2D eigenvalue weighted by Gasteiger charge is -2.34. The minimum absolute atomic E-state index is 0.144. The van der Waals surface area contributed by atoms with E-state index in [2.05, 4.69) is 26.1 Å².